The lowest BCUT2D eigenvalue weighted by Gasteiger charge is -2.43. The van der Waals surface area contributed by atoms with Crippen LogP contribution in [0.25, 0.3) is 0 Å². The van der Waals surface area contributed by atoms with E-state index in [2.05, 4.69) is 31.0 Å². The zero-order valence-corrected chi connectivity index (χ0v) is 11.3. The minimum atomic E-state index is -0.665. The number of carboxylic acid groups (broad SMARTS) is 1. The molecule has 3 unspecified atom stereocenters. The summed E-state index contributed by atoms with van der Waals surface area (Å²) >= 11 is 0. The number of carboxylic acids is 1. The Labute approximate surface area is 104 Å². The topological polar surface area (TPSA) is 52.6 Å². The lowest BCUT2D eigenvalue weighted by molar-refractivity contribution is -0.145. The van der Waals surface area contributed by atoms with Gasteiger partial charge in [0.2, 0.25) is 0 Å². The minimum absolute atomic E-state index is 0.305. The summed E-state index contributed by atoms with van der Waals surface area (Å²) in [6.45, 7) is 8.12. The third-order valence-electron chi connectivity index (χ3n) is 3.75. The molecule has 2 N–H and O–H groups in total. The van der Waals surface area contributed by atoms with E-state index in [9.17, 15) is 9.90 Å². The van der Waals surface area contributed by atoms with Gasteiger partial charge in [-0.2, -0.15) is 0 Å². The van der Waals surface area contributed by atoms with Crippen molar-refractivity contribution in [1.29, 1.82) is 0 Å². The summed E-state index contributed by atoms with van der Waals surface area (Å²) in [5, 5.41) is 12.9. The maximum atomic E-state index is 11.4. The molecule has 1 aliphatic rings. The van der Waals surface area contributed by atoms with Gasteiger partial charge in [0.15, 0.2) is 0 Å². The van der Waals surface area contributed by atoms with E-state index in [4.69, 9.17) is 0 Å². The maximum absolute atomic E-state index is 11.4. The Morgan fingerprint density at radius 2 is 2.12 bits per heavy atom. The van der Waals surface area contributed by atoms with Crippen LogP contribution in [0.5, 0.6) is 0 Å². The number of nitrogens with one attached hydrogen (secondary N) is 1. The zero-order valence-electron chi connectivity index (χ0n) is 11.3. The highest BCUT2D eigenvalue weighted by Gasteiger charge is 2.34. The molecule has 0 bridgehead atoms. The normalized spacial score (nSPS) is 27.9. The Balaban J connectivity index is 2.75. The van der Waals surface area contributed by atoms with E-state index in [-0.39, 0.29) is 6.04 Å². The second-order valence-corrected chi connectivity index (χ2v) is 4.91. The van der Waals surface area contributed by atoms with Crippen molar-refractivity contribution >= 4 is 5.97 Å². The number of hydrogen-bond acceptors (Lipinski definition) is 3. The monoisotopic (exact) mass is 242 g/mol. The first-order chi connectivity index (χ1) is 8.13. The van der Waals surface area contributed by atoms with Gasteiger partial charge in [-0.15, -0.1) is 0 Å². The number of aliphatic carboxylic acids is 1. The first-order valence-corrected chi connectivity index (χ1v) is 6.85. The summed E-state index contributed by atoms with van der Waals surface area (Å²) in [7, 11) is 0. The van der Waals surface area contributed by atoms with Crippen LogP contribution in [-0.2, 0) is 4.79 Å². The number of piperazine rings is 1. The second kappa shape index (κ2) is 6.97. The fraction of sp³-hybridized carbons (Fsp3) is 0.923. The van der Waals surface area contributed by atoms with Crippen molar-refractivity contribution in [2.45, 2.75) is 64.6 Å². The van der Waals surface area contributed by atoms with Crippen LogP contribution in [-0.4, -0.2) is 47.2 Å². The molecular weight excluding hydrogens is 216 g/mol. The number of rotatable bonds is 6. The van der Waals surface area contributed by atoms with Gasteiger partial charge in [-0.05, 0) is 19.3 Å². The molecule has 0 aliphatic carbocycles. The van der Waals surface area contributed by atoms with Gasteiger partial charge in [-0.25, -0.2) is 0 Å². The van der Waals surface area contributed by atoms with Crippen molar-refractivity contribution in [3.63, 3.8) is 0 Å². The molecule has 1 rings (SSSR count). The molecule has 0 aromatic heterocycles. The van der Waals surface area contributed by atoms with Gasteiger partial charge in [0.05, 0.1) is 0 Å². The van der Waals surface area contributed by atoms with E-state index in [0.717, 1.165) is 38.8 Å². The molecule has 0 radical (unpaired) electrons. The van der Waals surface area contributed by atoms with Gasteiger partial charge in [0.1, 0.15) is 6.04 Å². The zero-order chi connectivity index (χ0) is 12.8. The predicted molar refractivity (Wildman–Crippen MR) is 69.2 cm³/mol. The summed E-state index contributed by atoms with van der Waals surface area (Å²) < 4.78 is 0. The molecule has 1 saturated heterocycles. The summed E-state index contributed by atoms with van der Waals surface area (Å²) in [5.74, 6) is -0.665. The van der Waals surface area contributed by atoms with Crippen molar-refractivity contribution in [2.75, 3.05) is 13.1 Å². The van der Waals surface area contributed by atoms with Gasteiger partial charge < -0.3 is 10.4 Å². The molecule has 17 heavy (non-hydrogen) atoms. The minimum Gasteiger partial charge on any atom is -0.480 e. The first kappa shape index (κ1) is 14.5. The van der Waals surface area contributed by atoms with Crippen molar-refractivity contribution in [3.8, 4) is 0 Å². The molecule has 0 spiro atoms. The molecular formula is C13H26N2O2. The molecule has 1 fully saturated rings. The Kier molecular flexibility index (Phi) is 5.92. The van der Waals surface area contributed by atoms with E-state index >= 15 is 0 Å². The van der Waals surface area contributed by atoms with E-state index in [1.807, 2.05) is 0 Å². The highest BCUT2D eigenvalue weighted by Crippen LogP contribution is 2.18. The molecule has 3 atom stereocenters. The van der Waals surface area contributed by atoms with Crippen LogP contribution >= 0.6 is 0 Å². The average Bonchev–Trinajstić information content (AvgIpc) is 2.34. The van der Waals surface area contributed by atoms with Gasteiger partial charge in [-0.3, -0.25) is 9.69 Å². The third kappa shape index (κ3) is 3.68. The Hall–Kier alpha value is -0.610. The van der Waals surface area contributed by atoms with Crippen LogP contribution < -0.4 is 5.32 Å². The molecule has 1 heterocycles. The molecule has 100 valence electrons. The van der Waals surface area contributed by atoms with Crippen LogP contribution in [0.1, 0.15) is 46.5 Å². The van der Waals surface area contributed by atoms with E-state index in [1.165, 1.54) is 0 Å². The number of hydrogen-bond donors (Lipinski definition) is 2. The summed E-state index contributed by atoms with van der Waals surface area (Å²) in [4.78, 5) is 13.6. The van der Waals surface area contributed by atoms with E-state index in [1.54, 1.807) is 0 Å². The first-order valence-electron chi connectivity index (χ1n) is 6.85. The lowest BCUT2D eigenvalue weighted by atomic mass is 10.00. The SMILES string of the molecule is CCCC(C(=O)O)N1CC(CC)NCC1CC. The molecule has 0 aromatic carbocycles. The highest BCUT2D eigenvalue weighted by molar-refractivity contribution is 5.73. The maximum Gasteiger partial charge on any atom is 0.320 e. The summed E-state index contributed by atoms with van der Waals surface area (Å²) in [6.07, 6.45) is 3.75. The highest BCUT2D eigenvalue weighted by atomic mass is 16.4. The van der Waals surface area contributed by atoms with Gasteiger partial charge in [0.25, 0.3) is 0 Å². The van der Waals surface area contributed by atoms with Gasteiger partial charge in [-0.1, -0.05) is 27.2 Å². The van der Waals surface area contributed by atoms with Crippen molar-refractivity contribution in [3.05, 3.63) is 0 Å². The average molecular weight is 242 g/mol. The fourth-order valence-electron chi connectivity index (χ4n) is 2.63. The quantitative estimate of drug-likeness (QED) is 0.744. The molecule has 0 amide bonds. The summed E-state index contributed by atoms with van der Waals surface area (Å²) in [5.41, 5.74) is 0. The second-order valence-electron chi connectivity index (χ2n) is 4.91. The van der Waals surface area contributed by atoms with Crippen molar-refractivity contribution in [1.82, 2.24) is 10.2 Å². The van der Waals surface area contributed by atoms with Crippen LogP contribution in [0.4, 0.5) is 0 Å². The third-order valence-corrected chi connectivity index (χ3v) is 3.75. The van der Waals surface area contributed by atoms with Crippen molar-refractivity contribution < 1.29 is 9.90 Å². The molecule has 4 heteroatoms. The van der Waals surface area contributed by atoms with Gasteiger partial charge >= 0.3 is 5.97 Å². The molecule has 1 aliphatic heterocycles. The largest absolute Gasteiger partial charge is 0.480 e. The molecule has 0 aromatic rings. The lowest BCUT2D eigenvalue weighted by Crippen LogP contribution is -2.60. The van der Waals surface area contributed by atoms with E-state index < -0.39 is 5.97 Å². The van der Waals surface area contributed by atoms with Crippen LogP contribution in [0.15, 0.2) is 0 Å². The van der Waals surface area contributed by atoms with Crippen LogP contribution in [0.3, 0.4) is 0 Å². The van der Waals surface area contributed by atoms with E-state index in [0.29, 0.717) is 12.1 Å². The predicted octanol–water partition coefficient (Wildman–Crippen LogP) is 1.70. The standard InChI is InChI=1S/C13H26N2O2/c1-4-7-12(13(16)17)15-9-10(5-2)14-8-11(15)6-3/h10-12,14H,4-9H2,1-3H3,(H,16,17). The van der Waals surface area contributed by atoms with Gasteiger partial charge in [0, 0.05) is 25.2 Å². The van der Waals surface area contributed by atoms with Crippen LogP contribution in [0.2, 0.25) is 0 Å². The Bertz CT molecular complexity index is 246. The molecule has 4 nitrogen and oxygen atoms in total. The Morgan fingerprint density at radius 1 is 1.41 bits per heavy atom. The molecule has 0 saturated carbocycles. The Morgan fingerprint density at radius 3 is 2.59 bits per heavy atom. The fourth-order valence-corrected chi connectivity index (χ4v) is 2.63. The van der Waals surface area contributed by atoms with Crippen molar-refractivity contribution in [2.24, 2.45) is 0 Å². The smallest absolute Gasteiger partial charge is 0.320 e. The summed E-state index contributed by atoms with van der Waals surface area (Å²) in [6, 6.07) is 0.503. The number of carbonyl (C=O) groups is 1. The van der Waals surface area contributed by atoms with Crippen LogP contribution in [0, 0.1) is 0 Å². The number of nitrogens with zero attached hydrogens (tertiary/aromatic N) is 1.